The number of amides is 2. The monoisotopic (exact) mass is 794 g/mol. The number of carbonyl (C=O) groups is 2. The molecule has 3 unspecified atom stereocenters. The van der Waals surface area contributed by atoms with E-state index in [-0.39, 0.29) is 86.7 Å². The Morgan fingerprint density at radius 1 is 1.07 bits per heavy atom. The summed E-state index contributed by atoms with van der Waals surface area (Å²) in [6, 6.07) is 7.34. The molecule has 3 atom stereocenters. The van der Waals surface area contributed by atoms with Crippen LogP contribution < -0.4 is 14.4 Å². The number of rotatable bonds is 8. The number of nitriles is 1. The molecule has 2 aromatic carbocycles. The number of carbonyl (C=O) groups excluding carboxylic acids is 1. The van der Waals surface area contributed by atoms with Crippen LogP contribution in [0.4, 0.5) is 19.4 Å². The molecule has 2 bridgehead atoms. The van der Waals surface area contributed by atoms with Crippen molar-refractivity contribution >= 4 is 40.0 Å². The van der Waals surface area contributed by atoms with Crippen molar-refractivity contribution in [3.8, 4) is 47.3 Å². The molecule has 4 aromatic rings. The number of hydrogen-bond donors (Lipinski definition) is 2. The number of likely N-dealkylation sites (tertiary alicyclic amines) is 2. The van der Waals surface area contributed by atoms with E-state index in [0.29, 0.717) is 49.9 Å². The average molecular weight is 795 g/mol. The highest BCUT2D eigenvalue weighted by Crippen LogP contribution is 2.48. The van der Waals surface area contributed by atoms with E-state index in [4.69, 9.17) is 30.8 Å². The average Bonchev–Trinajstić information content (AvgIpc) is 3.75. The number of urea groups is 1. The molecule has 0 radical (unpaired) electrons. The van der Waals surface area contributed by atoms with Crippen LogP contribution in [0.1, 0.15) is 44.6 Å². The van der Waals surface area contributed by atoms with Gasteiger partial charge in [-0.05, 0) is 68.2 Å². The van der Waals surface area contributed by atoms with Crippen LogP contribution in [-0.4, -0.2) is 124 Å². The van der Waals surface area contributed by atoms with Crippen LogP contribution in [-0.2, 0) is 4.79 Å². The molecule has 6 heterocycles. The van der Waals surface area contributed by atoms with Gasteiger partial charge in [0.1, 0.15) is 34.0 Å². The maximum atomic E-state index is 17.3. The molecule has 2 N–H and O–H groups in total. The molecule has 58 heavy (non-hydrogen) atoms. The van der Waals surface area contributed by atoms with E-state index >= 15 is 8.78 Å². The van der Waals surface area contributed by atoms with Crippen LogP contribution >= 0.6 is 0 Å². The SMILES string of the molecule is C#Cc1c(F)ccc2cc(O)cc(-c3nc(OC)c4c(N5CC6CCC(C5)N6C(=O)N5CC(C#N)C5)nc(OCC5(CN6CCC(C)C6)CC5)nc4c3F)c12.O=CO. The number of benzene rings is 2. The molecule has 4 aliphatic heterocycles. The number of piperazine rings is 1. The number of hydrogen-bond acceptors (Lipinski definition) is 11. The molecular weight excluding hydrogens is 751 g/mol. The lowest BCUT2D eigenvalue weighted by molar-refractivity contribution is -0.122. The second-order valence-corrected chi connectivity index (χ2v) is 16.2. The first-order valence-electron chi connectivity index (χ1n) is 19.5. The van der Waals surface area contributed by atoms with Crippen LogP contribution in [0.2, 0.25) is 0 Å². The first kappa shape index (κ1) is 38.9. The summed E-state index contributed by atoms with van der Waals surface area (Å²) in [6.45, 7) is 7.13. The third-order valence-corrected chi connectivity index (χ3v) is 12.2. The largest absolute Gasteiger partial charge is 0.508 e. The van der Waals surface area contributed by atoms with E-state index in [9.17, 15) is 15.2 Å². The number of anilines is 1. The summed E-state index contributed by atoms with van der Waals surface area (Å²) in [5.74, 6) is 1.62. The van der Waals surface area contributed by atoms with Gasteiger partial charge in [0.25, 0.3) is 6.47 Å². The van der Waals surface area contributed by atoms with Gasteiger partial charge in [0.15, 0.2) is 5.82 Å². The fraction of sp³-hybridized carbons (Fsp3) is 0.476. The van der Waals surface area contributed by atoms with Gasteiger partial charge < -0.3 is 39.3 Å². The van der Waals surface area contributed by atoms with Gasteiger partial charge in [0.05, 0.1) is 43.4 Å². The van der Waals surface area contributed by atoms with Crippen LogP contribution in [0.15, 0.2) is 24.3 Å². The Morgan fingerprint density at radius 2 is 1.79 bits per heavy atom. The Labute approximate surface area is 334 Å². The minimum absolute atomic E-state index is 0.00627. The zero-order chi connectivity index (χ0) is 40.9. The van der Waals surface area contributed by atoms with Gasteiger partial charge in [-0.1, -0.05) is 18.9 Å². The number of halogens is 2. The number of carboxylic acid groups (broad SMARTS) is 1. The number of pyridine rings is 1. The van der Waals surface area contributed by atoms with Gasteiger partial charge in [0.2, 0.25) is 5.88 Å². The molecule has 0 spiro atoms. The van der Waals surface area contributed by atoms with E-state index in [1.54, 1.807) is 4.90 Å². The van der Waals surface area contributed by atoms with Crippen molar-refractivity contribution in [2.75, 3.05) is 64.4 Å². The highest BCUT2D eigenvalue weighted by molar-refractivity contribution is 6.04. The lowest BCUT2D eigenvalue weighted by Crippen LogP contribution is -2.62. The van der Waals surface area contributed by atoms with E-state index < -0.39 is 11.6 Å². The summed E-state index contributed by atoms with van der Waals surface area (Å²) >= 11 is 0. The fourth-order valence-electron chi connectivity index (χ4n) is 9.13. The number of nitrogens with zero attached hydrogens (tertiary/aromatic N) is 8. The molecule has 4 saturated heterocycles. The Balaban J connectivity index is 0.00000152. The molecule has 1 aliphatic carbocycles. The number of phenolic OH excluding ortho intramolecular Hbond substituents is 1. The van der Waals surface area contributed by atoms with Crippen LogP contribution in [0.5, 0.6) is 17.6 Å². The molecule has 1 saturated carbocycles. The molecule has 2 aromatic heterocycles. The lowest BCUT2D eigenvalue weighted by Gasteiger charge is -2.46. The molecule has 302 valence electrons. The van der Waals surface area contributed by atoms with Gasteiger partial charge in [-0.25, -0.2) is 18.6 Å². The molecule has 14 nitrogen and oxygen atoms in total. The van der Waals surface area contributed by atoms with E-state index in [1.165, 1.54) is 37.8 Å². The number of ether oxygens (including phenoxy) is 2. The molecule has 2 amide bonds. The summed E-state index contributed by atoms with van der Waals surface area (Å²) < 4.78 is 44.7. The number of terminal acetylenes is 1. The standard InChI is InChI=1S/C41H42F2N8O4.CH2O2/c1-4-29-31(42)8-5-25-13-28(52)14-30(32(25)29)35-34(43)36-33(38(45-35)54-3)37(47-39(46-36)55-22-41(10-11-41)21-48-12-9-23(2)16-48)49-19-26-6-7-27(20-49)51(26)40(53)50-17-24(15-44)18-50;2-1-3/h1,5,8,13-14,23-24,26-27,52H,6-7,9-12,16-22H2,2-3H3;1H,(H,2,3). The number of methoxy groups -OCH3 is 1. The number of fused-ring (bicyclic) bond motifs is 4. The first-order chi connectivity index (χ1) is 28.0. The van der Waals surface area contributed by atoms with Crippen molar-refractivity contribution in [2.45, 2.75) is 51.1 Å². The molecular formula is C42H44F2N8O6. The molecule has 5 fully saturated rings. The van der Waals surface area contributed by atoms with Gasteiger partial charge in [0, 0.05) is 55.6 Å². The van der Waals surface area contributed by atoms with Gasteiger partial charge in [-0.2, -0.15) is 15.2 Å². The van der Waals surface area contributed by atoms with E-state index in [1.807, 2.05) is 9.80 Å². The summed E-state index contributed by atoms with van der Waals surface area (Å²) in [5, 5.41) is 27.7. The second-order valence-electron chi connectivity index (χ2n) is 16.2. The third kappa shape index (κ3) is 7.00. The zero-order valence-corrected chi connectivity index (χ0v) is 32.3. The summed E-state index contributed by atoms with van der Waals surface area (Å²) in [7, 11) is 1.42. The van der Waals surface area contributed by atoms with Crippen molar-refractivity contribution < 1.29 is 38.1 Å². The van der Waals surface area contributed by atoms with Gasteiger partial charge in [-0.15, -0.1) is 6.42 Å². The van der Waals surface area contributed by atoms with Gasteiger partial charge in [-0.3, -0.25) is 4.79 Å². The molecule has 9 rings (SSSR count). The summed E-state index contributed by atoms with van der Waals surface area (Å²) in [6.07, 6.45) is 10.5. The molecule has 16 heteroatoms. The minimum Gasteiger partial charge on any atom is -0.508 e. The predicted molar refractivity (Wildman–Crippen MR) is 209 cm³/mol. The fourth-order valence-corrected chi connectivity index (χ4v) is 9.13. The highest BCUT2D eigenvalue weighted by atomic mass is 19.1. The number of phenols is 1. The number of aromatic nitrogens is 3. The predicted octanol–water partition coefficient (Wildman–Crippen LogP) is 5.25. The first-order valence-corrected chi connectivity index (χ1v) is 19.5. The van der Waals surface area contributed by atoms with E-state index in [0.717, 1.165) is 45.3 Å². The normalized spacial score (nSPS) is 22.2. The van der Waals surface area contributed by atoms with Crippen LogP contribution in [0.3, 0.4) is 0 Å². The van der Waals surface area contributed by atoms with E-state index in [2.05, 4.69) is 33.8 Å². The van der Waals surface area contributed by atoms with Crippen molar-refractivity contribution in [1.82, 2.24) is 29.7 Å². The Morgan fingerprint density at radius 3 is 2.41 bits per heavy atom. The van der Waals surface area contributed by atoms with Crippen molar-refractivity contribution in [2.24, 2.45) is 17.3 Å². The maximum Gasteiger partial charge on any atom is 0.320 e. The smallest absolute Gasteiger partial charge is 0.320 e. The lowest BCUT2D eigenvalue weighted by atomic mass is 9.95. The molecule has 5 aliphatic rings. The Hall–Kier alpha value is -6.00. The summed E-state index contributed by atoms with van der Waals surface area (Å²) in [5.41, 5.74) is -0.388. The van der Waals surface area contributed by atoms with Crippen molar-refractivity contribution in [3.63, 3.8) is 0 Å². The quantitative estimate of drug-likeness (QED) is 0.176. The Kier molecular flexibility index (Phi) is 10.3. The van der Waals surface area contributed by atoms with Crippen LogP contribution in [0, 0.1) is 52.6 Å². The third-order valence-electron chi connectivity index (χ3n) is 12.2. The summed E-state index contributed by atoms with van der Waals surface area (Å²) in [4.78, 5) is 44.4. The Bertz CT molecular complexity index is 2360. The number of aromatic hydroxyl groups is 1. The van der Waals surface area contributed by atoms with Crippen molar-refractivity contribution in [1.29, 1.82) is 5.26 Å². The highest BCUT2D eigenvalue weighted by Gasteiger charge is 2.48. The minimum atomic E-state index is -0.836. The van der Waals surface area contributed by atoms with Crippen LogP contribution in [0.25, 0.3) is 32.9 Å². The second kappa shape index (κ2) is 15.4. The van der Waals surface area contributed by atoms with Crippen molar-refractivity contribution in [3.05, 3.63) is 41.5 Å². The zero-order valence-electron chi connectivity index (χ0n) is 32.3. The topological polar surface area (TPSA) is 168 Å². The maximum absolute atomic E-state index is 17.3. The van der Waals surface area contributed by atoms with Gasteiger partial charge >= 0.3 is 12.0 Å².